The summed E-state index contributed by atoms with van der Waals surface area (Å²) < 4.78 is 40.8. The highest BCUT2D eigenvalue weighted by Gasteiger charge is 2.31. The predicted molar refractivity (Wildman–Crippen MR) is 73.3 cm³/mol. The highest BCUT2D eigenvalue weighted by molar-refractivity contribution is 6.33. The van der Waals surface area contributed by atoms with E-state index in [0.29, 0.717) is 22.2 Å². The summed E-state index contributed by atoms with van der Waals surface area (Å²) in [5.74, 6) is 0.152. The summed E-state index contributed by atoms with van der Waals surface area (Å²) in [7, 11) is 0. The van der Waals surface area contributed by atoms with Crippen molar-refractivity contribution in [2.24, 2.45) is 0 Å². The first-order valence-electron chi connectivity index (χ1n) is 6.45. The van der Waals surface area contributed by atoms with Gasteiger partial charge in [0.15, 0.2) is 0 Å². The first kappa shape index (κ1) is 14.2. The average molecular weight is 314 g/mol. The largest absolute Gasteiger partial charge is 0.573 e. The summed E-state index contributed by atoms with van der Waals surface area (Å²) in [5.41, 5.74) is 1.93. The van der Waals surface area contributed by atoms with E-state index in [1.807, 2.05) is 12.1 Å². The molecule has 1 aromatic carbocycles. The lowest BCUT2D eigenvalue weighted by Crippen LogP contribution is -2.17. The Morgan fingerprint density at radius 2 is 1.90 bits per heavy atom. The molecule has 0 N–H and O–H groups in total. The first-order valence-corrected chi connectivity index (χ1v) is 6.83. The van der Waals surface area contributed by atoms with Crippen LogP contribution < -0.4 is 4.74 Å². The van der Waals surface area contributed by atoms with Gasteiger partial charge in [-0.3, -0.25) is 4.98 Å². The number of hydrogen-bond donors (Lipinski definition) is 0. The molecule has 1 aliphatic carbocycles. The molecule has 0 saturated heterocycles. The molecular weight excluding hydrogens is 303 g/mol. The monoisotopic (exact) mass is 313 g/mol. The molecule has 1 heterocycles. The van der Waals surface area contributed by atoms with E-state index in [1.54, 1.807) is 6.07 Å². The average Bonchev–Trinajstić information content (AvgIpc) is 3.24. The molecule has 0 atom stereocenters. The van der Waals surface area contributed by atoms with Crippen LogP contribution in [0.15, 0.2) is 36.4 Å². The Hall–Kier alpha value is -1.75. The van der Waals surface area contributed by atoms with Gasteiger partial charge in [-0.2, -0.15) is 0 Å². The SMILES string of the molecule is FC(F)(F)Oc1ccc(Cl)c(-c2cccc(C3CC3)n2)c1. The summed E-state index contributed by atoms with van der Waals surface area (Å²) in [4.78, 5) is 4.48. The topological polar surface area (TPSA) is 22.1 Å². The summed E-state index contributed by atoms with van der Waals surface area (Å²) in [6.45, 7) is 0. The van der Waals surface area contributed by atoms with Gasteiger partial charge >= 0.3 is 6.36 Å². The van der Waals surface area contributed by atoms with Gasteiger partial charge < -0.3 is 4.74 Å². The molecule has 1 aromatic heterocycles. The second-order valence-electron chi connectivity index (χ2n) is 4.91. The fourth-order valence-corrected chi connectivity index (χ4v) is 2.32. The van der Waals surface area contributed by atoms with Gasteiger partial charge in [0.25, 0.3) is 0 Å². The van der Waals surface area contributed by atoms with Crippen LogP contribution in [0.4, 0.5) is 13.2 Å². The van der Waals surface area contributed by atoms with Crippen LogP contribution in [0.5, 0.6) is 5.75 Å². The van der Waals surface area contributed by atoms with Crippen LogP contribution in [-0.4, -0.2) is 11.3 Å². The van der Waals surface area contributed by atoms with Crippen molar-refractivity contribution in [2.75, 3.05) is 0 Å². The van der Waals surface area contributed by atoms with Crippen LogP contribution >= 0.6 is 11.6 Å². The van der Waals surface area contributed by atoms with Crippen molar-refractivity contribution in [1.82, 2.24) is 4.98 Å². The van der Waals surface area contributed by atoms with E-state index in [-0.39, 0.29) is 5.75 Å². The Morgan fingerprint density at radius 3 is 2.57 bits per heavy atom. The molecule has 2 nitrogen and oxygen atoms in total. The van der Waals surface area contributed by atoms with Crippen molar-refractivity contribution in [2.45, 2.75) is 25.1 Å². The van der Waals surface area contributed by atoms with E-state index in [2.05, 4.69) is 9.72 Å². The fourth-order valence-electron chi connectivity index (χ4n) is 2.11. The molecule has 0 bridgehead atoms. The minimum Gasteiger partial charge on any atom is -0.406 e. The van der Waals surface area contributed by atoms with Crippen LogP contribution in [-0.2, 0) is 0 Å². The maximum atomic E-state index is 12.3. The van der Waals surface area contributed by atoms with E-state index in [1.165, 1.54) is 18.2 Å². The van der Waals surface area contributed by atoms with E-state index in [4.69, 9.17) is 11.6 Å². The Labute approximate surface area is 124 Å². The summed E-state index contributed by atoms with van der Waals surface area (Å²) >= 11 is 6.07. The standard InChI is InChI=1S/C15H11ClF3NO/c16-12-7-6-10(21-15(17,18)19)8-11(12)14-3-1-2-13(20-14)9-4-5-9/h1-3,6-9H,4-5H2. The van der Waals surface area contributed by atoms with Crippen molar-refractivity contribution in [3.05, 3.63) is 47.1 Å². The lowest BCUT2D eigenvalue weighted by Gasteiger charge is -2.11. The molecular formula is C15H11ClF3NO. The van der Waals surface area contributed by atoms with Gasteiger partial charge in [-0.1, -0.05) is 17.7 Å². The fraction of sp³-hybridized carbons (Fsp3) is 0.267. The number of ether oxygens (including phenoxy) is 1. The third-order valence-electron chi connectivity index (χ3n) is 3.21. The molecule has 0 aliphatic heterocycles. The van der Waals surface area contributed by atoms with Crippen LogP contribution in [0.3, 0.4) is 0 Å². The van der Waals surface area contributed by atoms with Gasteiger partial charge in [0.2, 0.25) is 0 Å². The minimum absolute atomic E-state index is 0.305. The van der Waals surface area contributed by atoms with Gasteiger partial charge in [0, 0.05) is 17.2 Å². The molecule has 110 valence electrons. The number of benzene rings is 1. The molecule has 2 aromatic rings. The quantitative estimate of drug-likeness (QED) is 0.779. The zero-order chi connectivity index (χ0) is 15.0. The summed E-state index contributed by atoms with van der Waals surface area (Å²) in [5, 5.41) is 0.338. The number of alkyl halides is 3. The summed E-state index contributed by atoms with van der Waals surface area (Å²) in [6.07, 6.45) is -2.53. The number of aromatic nitrogens is 1. The van der Waals surface area contributed by atoms with E-state index >= 15 is 0 Å². The Bertz CT molecular complexity index is 668. The minimum atomic E-state index is -4.73. The van der Waals surface area contributed by atoms with Crippen LogP contribution in [0.2, 0.25) is 5.02 Å². The number of halogens is 4. The zero-order valence-electron chi connectivity index (χ0n) is 10.8. The molecule has 0 spiro atoms. The van der Waals surface area contributed by atoms with Crippen molar-refractivity contribution < 1.29 is 17.9 Å². The number of nitrogens with zero attached hydrogens (tertiary/aromatic N) is 1. The second-order valence-corrected chi connectivity index (χ2v) is 5.32. The van der Waals surface area contributed by atoms with Crippen molar-refractivity contribution in [3.8, 4) is 17.0 Å². The highest BCUT2D eigenvalue weighted by atomic mass is 35.5. The Kier molecular flexibility index (Phi) is 3.53. The van der Waals surface area contributed by atoms with Gasteiger partial charge in [0.1, 0.15) is 5.75 Å². The van der Waals surface area contributed by atoms with Crippen molar-refractivity contribution >= 4 is 11.6 Å². The Morgan fingerprint density at radius 1 is 1.14 bits per heavy atom. The van der Waals surface area contributed by atoms with Crippen LogP contribution in [0, 0.1) is 0 Å². The Balaban J connectivity index is 1.97. The van der Waals surface area contributed by atoms with Crippen LogP contribution in [0.25, 0.3) is 11.3 Å². The molecule has 3 rings (SSSR count). The maximum Gasteiger partial charge on any atom is 0.573 e. The van der Waals surface area contributed by atoms with Gasteiger partial charge in [-0.05, 0) is 43.2 Å². The smallest absolute Gasteiger partial charge is 0.406 e. The van der Waals surface area contributed by atoms with Crippen LogP contribution in [0.1, 0.15) is 24.5 Å². The second kappa shape index (κ2) is 5.22. The van der Waals surface area contributed by atoms with Crippen molar-refractivity contribution in [1.29, 1.82) is 0 Å². The van der Waals surface area contributed by atoms with E-state index in [9.17, 15) is 13.2 Å². The third-order valence-corrected chi connectivity index (χ3v) is 3.54. The normalized spacial score (nSPS) is 15.0. The lowest BCUT2D eigenvalue weighted by atomic mass is 10.1. The zero-order valence-corrected chi connectivity index (χ0v) is 11.6. The molecule has 21 heavy (non-hydrogen) atoms. The van der Waals surface area contributed by atoms with E-state index < -0.39 is 6.36 Å². The van der Waals surface area contributed by atoms with Gasteiger partial charge in [-0.15, -0.1) is 13.2 Å². The number of rotatable bonds is 3. The van der Waals surface area contributed by atoms with Crippen molar-refractivity contribution in [3.63, 3.8) is 0 Å². The predicted octanol–water partition coefficient (Wildman–Crippen LogP) is 5.18. The number of pyridine rings is 1. The molecule has 6 heteroatoms. The molecule has 1 saturated carbocycles. The first-order chi connectivity index (χ1) is 9.92. The molecule has 0 radical (unpaired) electrons. The molecule has 0 amide bonds. The molecule has 1 fully saturated rings. The third kappa shape index (κ3) is 3.47. The summed E-state index contributed by atoms with van der Waals surface area (Å²) in [6, 6.07) is 9.31. The van der Waals surface area contributed by atoms with E-state index in [0.717, 1.165) is 18.5 Å². The highest BCUT2D eigenvalue weighted by Crippen LogP contribution is 2.40. The van der Waals surface area contributed by atoms with Gasteiger partial charge in [0.05, 0.1) is 10.7 Å². The van der Waals surface area contributed by atoms with Gasteiger partial charge in [-0.25, -0.2) is 0 Å². The lowest BCUT2D eigenvalue weighted by molar-refractivity contribution is -0.274. The maximum absolute atomic E-state index is 12.3. The molecule has 0 unspecified atom stereocenters. The molecule has 1 aliphatic rings. The number of hydrogen-bond acceptors (Lipinski definition) is 2.